The molecule has 4 N–H and O–H groups in total. The van der Waals surface area contributed by atoms with E-state index < -0.39 is 5.54 Å². The molecule has 4 rings (SSSR count). The first kappa shape index (κ1) is 17.3. The standard InChI is InChI=1S/C18H23BrN6O/c1-18(2,16-22-7-13-12(19)4-3-5-25(13)16)23-15(26)14-10-6-11(14)9-24(8-10)17(20)21/h3-5,7,10-11,14H,6,8-9H2,1-2H3,(H3,20,21)(H,23,26)/t10-,11+,14?. The van der Waals surface area contributed by atoms with Gasteiger partial charge in [0.05, 0.1) is 17.3 Å². The van der Waals surface area contributed by atoms with Gasteiger partial charge in [-0.05, 0) is 60.2 Å². The second kappa shape index (κ2) is 5.97. The normalized spacial score (nSPS) is 25.0. The highest BCUT2D eigenvalue weighted by molar-refractivity contribution is 9.10. The van der Waals surface area contributed by atoms with Gasteiger partial charge >= 0.3 is 0 Å². The number of nitrogens with one attached hydrogen (secondary N) is 2. The third kappa shape index (κ3) is 2.67. The molecule has 8 heteroatoms. The Morgan fingerprint density at radius 1 is 1.42 bits per heavy atom. The number of pyridine rings is 1. The molecule has 2 bridgehead atoms. The molecule has 7 nitrogen and oxygen atoms in total. The maximum atomic E-state index is 13.0. The maximum absolute atomic E-state index is 13.0. The van der Waals surface area contributed by atoms with Gasteiger partial charge in [0, 0.05) is 29.7 Å². The molecule has 3 atom stereocenters. The van der Waals surface area contributed by atoms with E-state index in [1.54, 1.807) is 0 Å². The van der Waals surface area contributed by atoms with Crippen LogP contribution in [0.25, 0.3) is 5.52 Å². The Morgan fingerprint density at radius 3 is 2.77 bits per heavy atom. The lowest BCUT2D eigenvalue weighted by molar-refractivity contribution is -0.141. The largest absolute Gasteiger partial charge is 0.370 e. The Morgan fingerprint density at radius 2 is 2.12 bits per heavy atom. The van der Waals surface area contributed by atoms with E-state index in [-0.39, 0.29) is 29.6 Å². The van der Waals surface area contributed by atoms with Crippen molar-refractivity contribution in [1.29, 1.82) is 5.41 Å². The zero-order chi connectivity index (χ0) is 18.6. The van der Waals surface area contributed by atoms with Gasteiger partial charge in [0.25, 0.3) is 0 Å². The van der Waals surface area contributed by atoms with Gasteiger partial charge in [-0.15, -0.1) is 0 Å². The molecular formula is C18H23BrN6O. The summed E-state index contributed by atoms with van der Waals surface area (Å²) in [5.74, 6) is 1.54. The number of rotatable bonds is 3. The molecule has 138 valence electrons. The minimum atomic E-state index is -0.589. The van der Waals surface area contributed by atoms with Crippen LogP contribution < -0.4 is 11.1 Å². The molecule has 26 heavy (non-hydrogen) atoms. The highest BCUT2D eigenvalue weighted by Crippen LogP contribution is 2.45. The molecule has 1 aliphatic heterocycles. The van der Waals surface area contributed by atoms with E-state index in [0.717, 1.165) is 22.2 Å². The summed E-state index contributed by atoms with van der Waals surface area (Å²) in [6.07, 6.45) is 4.82. The molecule has 0 aromatic carbocycles. The molecule has 1 aliphatic carbocycles. The molecule has 2 aliphatic rings. The predicted octanol–water partition coefficient (Wildman–Crippen LogP) is 1.91. The Bertz CT molecular complexity index is 879. The van der Waals surface area contributed by atoms with Gasteiger partial charge in [0.2, 0.25) is 5.91 Å². The first-order valence-corrected chi connectivity index (χ1v) is 9.60. The van der Waals surface area contributed by atoms with Crippen molar-refractivity contribution in [2.45, 2.75) is 25.8 Å². The third-order valence-electron chi connectivity index (χ3n) is 5.69. The summed E-state index contributed by atoms with van der Waals surface area (Å²) >= 11 is 3.54. The topological polar surface area (TPSA) is 99.5 Å². The van der Waals surface area contributed by atoms with E-state index in [1.807, 2.05) is 47.7 Å². The fourth-order valence-electron chi connectivity index (χ4n) is 4.41. The Balaban J connectivity index is 1.52. The number of amides is 1. The number of hydrogen-bond acceptors (Lipinski definition) is 3. The van der Waals surface area contributed by atoms with Gasteiger partial charge in [-0.3, -0.25) is 10.2 Å². The van der Waals surface area contributed by atoms with Crippen LogP contribution >= 0.6 is 15.9 Å². The first-order valence-electron chi connectivity index (χ1n) is 8.81. The number of fused-ring (bicyclic) bond motifs is 3. The monoisotopic (exact) mass is 418 g/mol. The number of likely N-dealkylation sites (tertiary alicyclic amines) is 1. The minimum Gasteiger partial charge on any atom is -0.370 e. The molecule has 0 radical (unpaired) electrons. The van der Waals surface area contributed by atoms with Crippen LogP contribution in [-0.4, -0.2) is 39.2 Å². The molecule has 3 heterocycles. The molecule has 1 amide bonds. The van der Waals surface area contributed by atoms with Crippen molar-refractivity contribution in [3.05, 3.63) is 34.8 Å². The quantitative estimate of drug-likeness (QED) is 0.523. The number of halogens is 1. The summed E-state index contributed by atoms with van der Waals surface area (Å²) in [5.41, 5.74) is 5.98. The zero-order valence-electron chi connectivity index (χ0n) is 14.9. The molecule has 1 saturated heterocycles. The fourth-order valence-corrected chi connectivity index (χ4v) is 4.86. The lowest BCUT2D eigenvalue weighted by Crippen LogP contribution is -2.62. The average Bonchev–Trinajstić information content (AvgIpc) is 3.00. The molecule has 2 aromatic rings. The highest BCUT2D eigenvalue weighted by Gasteiger charge is 2.51. The van der Waals surface area contributed by atoms with Crippen molar-refractivity contribution < 1.29 is 4.79 Å². The summed E-state index contributed by atoms with van der Waals surface area (Å²) in [6, 6.07) is 3.93. The lowest BCUT2D eigenvalue weighted by atomic mass is 9.61. The maximum Gasteiger partial charge on any atom is 0.224 e. The first-order chi connectivity index (χ1) is 12.3. The number of piperidine rings is 2. The molecule has 0 spiro atoms. The summed E-state index contributed by atoms with van der Waals surface area (Å²) in [6.45, 7) is 5.36. The number of carbonyl (C=O) groups is 1. The number of imidazole rings is 1. The van der Waals surface area contributed by atoms with Crippen LogP contribution in [-0.2, 0) is 10.3 Å². The van der Waals surface area contributed by atoms with Crippen molar-refractivity contribution in [3.63, 3.8) is 0 Å². The SMILES string of the molecule is CC(C)(NC(=O)C1[C@@H]2C[C@H]1CN(C(=N)N)C2)c1ncc2c(Br)cccn12. The van der Waals surface area contributed by atoms with Gasteiger partial charge in [-0.2, -0.15) is 0 Å². The Hall–Kier alpha value is -2.09. The molecule has 2 fully saturated rings. The van der Waals surface area contributed by atoms with E-state index in [4.69, 9.17) is 11.1 Å². The summed E-state index contributed by atoms with van der Waals surface area (Å²) in [4.78, 5) is 19.4. The fraction of sp³-hybridized carbons (Fsp3) is 0.500. The second-order valence-corrected chi connectivity index (χ2v) is 8.73. The van der Waals surface area contributed by atoms with Crippen molar-refractivity contribution in [1.82, 2.24) is 19.6 Å². The van der Waals surface area contributed by atoms with E-state index >= 15 is 0 Å². The Labute approximate surface area is 160 Å². The molecular weight excluding hydrogens is 396 g/mol. The van der Waals surface area contributed by atoms with Crippen LogP contribution in [0.1, 0.15) is 26.1 Å². The predicted molar refractivity (Wildman–Crippen MR) is 103 cm³/mol. The number of nitrogens with zero attached hydrogens (tertiary/aromatic N) is 3. The number of nitrogens with two attached hydrogens (primary N) is 1. The van der Waals surface area contributed by atoms with Crippen molar-refractivity contribution >= 4 is 33.3 Å². The van der Waals surface area contributed by atoms with Gasteiger partial charge in [0.1, 0.15) is 5.82 Å². The van der Waals surface area contributed by atoms with Crippen LogP contribution in [0.5, 0.6) is 0 Å². The van der Waals surface area contributed by atoms with Gasteiger partial charge < -0.3 is 20.4 Å². The summed E-state index contributed by atoms with van der Waals surface area (Å²) < 4.78 is 2.97. The minimum absolute atomic E-state index is 0.00263. The van der Waals surface area contributed by atoms with Crippen LogP contribution in [0.15, 0.2) is 29.0 Å². The van der Waals surface area contributed by atoms with E-state index in [9.17, 15) is 4.79 Å². The van der Waals surface area contributed by atoms with Crippen molar-refractivity contribution in [3.8, 4) is 0 Å². The van der Waals surface area contributed by atoms with Crippen LogP contribution in [0.3, 0.4) is 0 Å². The van der Waals surface area contributed by atoms with Crippen LogP contribution in [0, 0.1) is 23.2 Å². The van der Waals surface area contributed by atoms with Crippen LogP contribution in [0.2, 0.25) is 0 Å². The zero-order valence-corrected chi connectivity index (χ0v) is 16.5. The highest BCUT2D eigenvalue weighted by atomic mass is 79.9. The average molecular weight is 419 g/mol. The van der Waals surface area contributed by atoms with Gasteiger partial charge in [-0.1, -0.05) is 0 Å². The van der Waals surface area contributed by atoms with Crippen LogP contribution in [0.4, 0.5) is 0 Å². The lowest BCUT2D eigenvalue weighted by Gasteiger charge is -2.53. The third-order valence-corrected chi connectivity index (χ3v) is 6.36. The van der Waals surface area contributed by atoms with E-state index in [0.29, 0.717) is 13.1 Å². The van der Waals surface area contributed by atoms with Gasteiger partial charge in [-0.25, -0.2) is 4.98 Å². The number of carbonyl (C=O) groups excluding carboxylic acids is 1. The number of hydrogen-bond donors (Lipinski definition) is 3. The second-order valence-electron chi connectivity index (χ2n) is 7.88. The smallest absolute Gasteiger partial charge is 0.224 e. The van der Waals surface area contributed by atoms with Crippen molar-refractivity contribution in [2.75, 3.05) is 13.1 Å². The van der Waals surface area contributed by atoms with E-state index in [1.165, 1.54) is 0 Å². The van der Waals surface area contributed by atoms with Gasteiger partial charge in [0.15, 0.2) is 5.96 Å². The van der Waals surface area contributed by atoms with Crippen molar-refractivity contribution in [2.24, 2.45) is 23.5 Å². The molecule has 1 saturated carbocycles. The molecule has 2 aromatic heterocycles. The number of guanidine groups is 1. The summed E-state index contributed by atoms with van der Waals surface area (Å²) in [5, 5.41) is 10.8. The summed E-state index contributed by atoms with van der Waals surface area (Å²) in [7, 11) is 0. The number of aromatic nitrogens is 2. The molecule has 1 unspecified atom stereocenters. The Kier molecular flexibility index (Phi) is 3.98. The van der Waals surface area contributed by atoms with E-state index in [2.05, 4.69) is 26.2 Å².